The van der Waals surface area contributed by atoms with E-state index in [1.165, 1.54) is 24.6 Å². The Labute approximate surface area is 158 Å². The van der Waals surface area contributed by atoms with Gasteiger partial charge in [-0.1, -0.05) is 35.1 Å². The summed E-state index contributed by atoms with van der Waals surface area (Å²) in [6.45, 7) is 0. The van der Waals surface area contributed by atoms with Gasteiger partial charge in [-0.15, -0.1) is 5.10 Å². The first-order valence-corrected chi connectivity index (χ1v) is 10.3. The average molecular weight is 381 g/mol. The second-order valence-electron chi connectivity index (χ2n) is 6.09. The quantitative estimate of drug-likeness (QED) is 0.456. The second-order valence-corrected chi connectivity index (χ2v) is 7.81. The Kier molecular flexibility index (Phi) is 4.06. The molecule has 1 aromatic carbocycles. The van der Waals surface area contributed by atoms with Crippen LogP contribution in [0.5, 0.6) is 0 Å². The SMILES string of the molecule is c1ccc(-n2nc(SCc3nc(-c4ccsc4)no3)nc2C2CC2)cc1. The summed E-state index contributed by atoms with van der Waals surface area (Å²) in [5.41, 5.74) is 2.03. The molecule has 0 bridgehead atoms. The first-order valence-electron chi connectivity index (χ1n) is 8.37. The molecule has 0 radical (unpaired) electrons. The zero-order chi connectivity index (χ0) is 17.3. The number of hydrogen-bond donors (Lipinski definition) is 0. The van der Waals surface area contributed by atoms with Crippen LogP contribution in [-0.2, 0) is 5.75 Å². The average Bonchev–Trinajstić information content (AvgIpc) is 3.09. The van der Waals surface area contributed by atoms with Crippen molar-refractivity contribution in [1.82, 2.24) is 24.9 Å². The van der Waals surface area contributed by atoms with Gasteiger partial charge in [0.05, 0.1) is 11.4 Å². The van der Waals surface area contributed by atoms with E-state index in [0.717, 1.165) is 22.2 Å². The first kappa shape index (κ1) is 15.8. The number of rotatable bonds is 6. The lowest BCUT2D eigenvalue weighted by Gasteiger charge is -2.03. The van der Waals surface area contributed by atoms with E-state index in [1.54, 1.807) is 11.3 Å². The topological polar surface area (TPSA) is 69.6 Å². The van der Waals surface area contributed by atoms with Gasteiger partial charge >= 0.3 is 0 Å². The molecule has 130 valence electrons. The Morgan fingerprint density at radius 3 is 2.81 bits per heavy atom. The third-order valence-electron chi connectivity index (χ3n) is 4.13. The van der Waals surface area contributed by atoms with Crippen molar-refractivity contribution < 1.29 is 4.52 Å². The zero-order valence-electron chi connectivity index (χ0n) is 13.8. The van der Waals surface area contributed by atoms with Gasteiger partial charge in [-0.25, -0.2) is 9.67 Å². The summed E-state index contributed by atoms with van der Waals surface area (Å²) in [7, 11) is 0. The van der Waals surface area contributed by atoms with Crippen LogP contribution in [0.3, 0.4) is 0 Å². The van der Waals surface area contributed by atoms with Crippen molar-refractivity contribution in [2.45, 2.75) is 29.7 Å². The van der Waals surface area contributed by atoms with Gasteiger partial charge in [0.25, 0.3) is 0 Å². The Morgan fingerprint density at radius 2 is 2.04 bits per heavy atom. The maximum atomic E-state index is 5.35. The molecule has 0 amide bonds. The van der Waals surface area contributed by atoms with Crippen molar-refractivity contribution in [2.24, 2.45) is 0 Å². The summed E-state index contributed by atoms with van der Waals surface area (Å²) >= 11 is 3.14. The maximum Gasteiger partial charge on any atom is 0.237 e. The molecule has 4 aromatic rings. The number of benzene rings is 1. The fourth-order valence-electron chi connectivity index (χ4n) is 2.68. The Hall–Kier alpha value is -2.45. The van der Waals surface area contributed by atoms with E-state index < -0.39 is 0 Å². The van der Waals surface area contributed by atoms with Crippen LogP contribution in [0.2, 0.25) is 0 Å². The summed E-state index contributed by atoms with van der Waals surface area (Å²) in [6.07, 6.45) is 2.37. The molecule has 0 saturated heterocycles. The summed E-state index contributed by atoms with van der Waals surface area (Å²) in [6, 6.07) is 12.1. The smallest absolute Gasteiger partial charge is 0.237 e. The lowest BCUT2D eigenvalue weighted by molar-refractivity contribution is 0.391. The number of para-hydroxylation sites is 1. The Bertz CT molecular complexity index is 1010. The lowest BCUT2D eigenvalue weighted by Crippen LogP contribution is -2.01. The Morgan fingerprint density at radius 1 is 1.15 bits per heavy atom. The minimum atomic E-state index is 0.519. The van der Waals surface area contributed by atoms with Crippen LogP contribution in [0, 0.1) is 0 Å². The molecule has 26 heavy (non-hydrogen) atoms. The van der Waals surface area contributed by atoms with Crippen molar-refractivity contribution in [3.63, 3.8) is 0 Å². The minimum Gasteiger partial charge on any atom is -0.338 e. The molecular formula is C18H15N5OS2. The van der Waals surface area contributed by atoms with Gasteiger partial charge in [-0.2, -0.15) is 16.3 Å². The minimum absolute atomic E-state index is 0.519. The van der Waals surface area contributed by atoms with Gasteiger partial charge in [0.15, 0.2) is 0 Å². The van der Waals surface area contributed by atoms with Crippen LogP contribution >= 0.6 is 23.1 Å². The standard InChI is InChI=1S/C18H15N5OS2/c1-2-4-14(5-3-1)23-17(12-6-7-12)20-18(21-23)26-11-15-19-16(22-24-15)13-8-9-25-10-13/h1-5,8-10,12H,6-7,11H2. The summed E-state index contributed by atoms with van der Waals surface area (Å²) in [5.74, 6) is 3.33. The van der Waals surface area contributed by atoms with E-state index in [9.17, 15) is 0 Å². The van der Waals surface area contributed by atoms with Gasteiger partial charge in [0.2, 0.25) is 16.9 Å². The molecule has 1 aliphatic rings. The van der Waals surface area contributed by atoms with Gasteiger partial charge in [-0.3, -0.25) is 0 Å². The largest absolute Gasteiger partial charge is 0.338 e. The van der Waals surface area contributed by atoms with Gasteiger partial charge in [0, 0.05) is 16.9 Å². The van der Waals surface area contributed by atoms with E-state index >= 15 is 0 Å². The monoisotopic (exact) mass is 381 g/mol. The van der Waals surface area contributed by atoms with Crippen molar-refractivity contribution >= 4 is 23.1 Å². The van der Waals surface area contributed by atoms with Crippen LogP contribution in [-0.4, -0.2) is 24.9 Å². The lowest BCUT2D eigenvalue weighted by atomic mass is 10.3. The van der Waals surface area contributed by atoms with E-state index in [1.807, 2.05) is 39.7 Å². The molecule has 5 rings (SSSR count). The van der Waals surface area contributed by atoms with Crippen molar-refractivity contribution in [1.29, 1.82) is 0 Å². The zero-order valence-corrected chi connectivity index (χ0v) is 15.4. The van der Waals surface area contributed by atoms with Crippen LogP contribution in [0.1, 0.15) is 30.5 Å². The van der Waals surface area contributed by atoms with E-state index in [4.69, 9.17) is 14.6 Å². The van der Waals surface area contributed by atoms with Crippen molar-refractivity contribution in [3.05, 3.63) is 58.9 Å². The third-order valence-corrected chi connectivity index (χ3v) is 5.63. The normalized spacial score (nSPS) is 14.0. The first-order chi connectivity index (χ1) is 12.9. The molecule has 0 aliphatic heterocycles. The number of hydrogen-bond acceptors (Lipinski definition) is 7. The molecule has 0 unspecified atom stereocenters. The second kappa shape index (κ2) is 6.69. The fourth-order valence-corrected chi connectivity index (χ4v) is 3.98. The molecule has 8 heteroatoms. The summed E-state index contributed by atoms with van der Waals surface area (Å²) < 4.78 is 7.31. The molecule has 1 saturated carbocycles. The molecular weight excluding hydrogens is 366 g/mol. The van der Waals surface area contributed by atoms with Crippen molar-refractivity contribution in [2.75, 3.05) is 0 Å². The predicted octanol–water partition coefficient (Wildman–Crippen LogP) is 4.55. The fraction of sp³-hybridized carbons (Fsp3) is 0.222. The highest BCUT2D eigenvalue weighted by molar-refractivity contribution is 7.98. The predicted molar refractivity (Wildman–Crippen MR) is 101 cm³/mol. The number of thioether (sulfide) groups is 1. The summed E-state index contributed by atoms with van der Waals surface area (Å²) in [4.78, 5) is 9.20. The molecule has 3 aromatic heterocycles. The van der Waals surface area contributed by atoms with Crippen LogP contribution < -0.4 is 0 Å². The van der Waals surface area contributed by atoms with E-state index in [-0.39, 0.29) is 0 Å². The molecule has 0 atom stereocenters. The molecule has 1 fully saturated rings. The number of aromatic nitrogens is 5. The van der Waals surface area contributed by atoms with Crippen molar-refractivity contribution in [3.8, 4) is 17.1 Å². The molecule has 3 heterocycles. The Balaban J connectivity index is 1.35. The highest BCUT2D eigenvalue weighted by Crippen LogP contribution is 2.40. The number of nitrogens with zero attached hydrogens (tertiary/aromatic N) is 5. The highest BCUT2D eigenvalue weighted by atomic mass is 32.2. The number of thiophene rings is 1. The van der Waals surface area contributed by atoms with Gasteiger partial charge in [-0.05, 0) is 36.4 Å². The van der Waals surface area contributed by atoms with Gasteiger partial charge in [0.1, 0.15) is 5.82 Å². The van der Waals surface area contributed by atoms with Gasteiger partial charge < -0.3 is 4.52 Å². The van der Waals surface area contributed by atoms with Crippen LogP contribution in [0.25, 0.3) is 17.1 Å². The summed E-state index contributed by atoms with van der Waals surface area (Å²) in [5, 5.41) is 13.5. The van der Waals surface area contributed by atoms with E-state index in [0.29, 0.717) is 23.4 Å². The van der Waals surface area contributed by atoms with Crippen LogP contribution in [0.15, 0.2) is 56.8 Å². The third kappa shape index (κ3) is 3.17. The molecule has 1 aliphatic carbocycles. The molecule has 0 N–H and O–H groups in total. The highest BCUT2D eigenvalue weighted by Gasteiger charge is 2.30. The molecule has 0 spiro atoms. The van der Waals surface area contributed by atoms with E-state index in [2.05, 4.69) is 22.3 Å². The molecule has 6 nitrogen and oxygen atoms in total. The van der Waals surface area contributed by atoms with Crippen LogP contribution in [0.4, 0.5) is 0 Å². The maximum absolute atomic E-state index is 5.35.